The molecule has 0 aromatic heterocycles. The molecular weight excluding hydrogens is 222 g/mol. The highest BCUT2D eigenvalue weighted by Gasteiger charge is 1.91. The fourth-order valence-corrected chi connectivity index (χ4v) is 1.67. The van der Waals surface area contributed by atoms with Crippen LogP contribution in [0.2, 0.25) is 0 Å². The predicted octanol–water partition coefficient (Wildman–Crippen LogP) is 3.26. The van der Waals surface area contributed by atoms with Crippen molar-refractivity contribution in [1.29, 1.82) is 0 Å². The monoisotopic (exact) mass is 239 g/mol. The Balaban J connectivity index is 2.00. The van der Waals surface area contributed by atoms with Gasteiger partial charge in [-0.25, -0.2) is 0 Å². The average molecular weight is 239 g/mol. The largest absolute Gasteiger partial charge is 0.395 e. The highest BCUT2D eigenvalue weighted by Crippen LogP contribution is 2.12. The first-order chi connectivity index (χ1) is 8.88. The summed E-state index contributed by atoms with van der Waals surface area (Å²) in [7, 11) is 0. The molecule has 0 saturated carbocycles. The van der Waals surface area contributed by atoms with Crippen LogP contribution in [0.1, 0.15) is 11.1 Å². The van der Waals surface area contributed by atoms with Gasteiger partial charge in [-0.05, 0) is 23.3 Å². The van der Waals surface area contributed by atoms with Gasteiger partial charge in [0.1, 0.15) is 0 Å². The van der Waals surface area contributed by atoms with E-state index in [1.165, 1.54) is 5.56 Å². The number of aliphatic hydroxyl groups is 1. The van der Waals surface area contributed by atoms with Crippen molar-refractivity contribution in [3.05, 3.63) is 65.7 Å². The number of benzene rings is 2. The van der Waals surface area contributed by atoms with Gasteiger partial charge in [-0.1, -0.05) is 54.6 Å². The van der Waals surface area contributed by atoms with E-state index in [1.807, 2.05) is 30.3 Å². The van der Waals surface area contributed by atoms with Crippen molar-refractivity contribution in [3.8, 4) is 0 Å². The molecule has 0 spiro atoms. The maximum atomic E-state index is 8.72. The Morgan fingerprint density at radius 2 is 1.44 bits per heavy atom. The molecule has 0 aliphatic rings. The quantitative estimate of drug-likeness (QED) is 0.785. The summed E-state index contributed by atoms with van der Waals surface area (Å²) in [5, 5.41) is 11.8. The Morgan fingerprint density at radius 1 is 0.833 bits per heavy atom. The van der Waals surface area contributed by atoms with Crippen molar-refractivity contribution in [2.75, 3.05) is 18.5 Å². The van der Waals surface area contributed by atoms with Crippen molar-refractivity contribution >= 4 is 17.8 Å². The van der Waals surface area contributed by atoms with Gasteiger partial charge in [-0.3, -0.25) is 0 Å². The van der Waals surface area contributed by atoms with Crippen LogP contribution in [0.4, 0.5) is 5.69 Å². The zero-order valence-corrected chi connectivity index (χ0v) is 10.2. The van der Waals surface area contributed by atoms with Crippen molar-refractivity contribution in [2.45, 2.75) is 0 Å². The number of rotatable bonds is 5. The van der Waals surface area contributed by atoms with E-state index < -0.39 is 0 Å². The molecule has 0 amide bonds. The van der Waals surface area contributed by atoms with Crippen LogP contribution < -0.4 is 5.32 Å². The first kappa shape index (κ1) is 12.4. The summed E-state index contributed by atoms with van der Waals surface area (Å²) < 4.78 is 0. The molecule has 18 heavy (non-hydrogen) atoms. The topological polar surface area (TPSA) is 32.3 Å². The van der Waals surface area contributed by atoms with E-state index in [0.717, 1.165) is 11.3 Å². The lowest BCUT2D eigenvalue weighted by Crippen LogP contribution is -2.04. The Hall–Kier alpha value is -2.06. The Morgan fingerprint density at radius 3 is 2.06 bits per heavy atom. The van der Waals surface area contributed by atoms with Crippen LogP contribution in [0.5, 0.6) is 0 Å². The van der Waals surface area contributed by atoms with Gasteiger partial charge in [-0.15, -0.1) is 0 Å². The molecule has 0 radical (unpaired) electrons. The van der Waals surface area contributed by atoms with Crippen LogP contribution in [0.25, 0.3) is 12.2 Å². The maximum Gasteiger partial charge on any atom is 0.0604 e. The highest BCUT2D eigenvalue weighted by molar-refractivity contribution is 5.70. The van der Waals surface area contributed by atoms with Crippen LogP contribution in [0.3, 0.4) is 0 Å². The number of hydrogen-bond donors (Lipinski definition) is 2. The summed E-state index contributed by atoms with van der Waals surface area (Å²) >= 11 is 0. The molecule has 0 fully saturated rings. The molecule has 2 rings (SSSR count). The van der Waals surface area contributed by atoms with Gasteiger partial charge in [0.25, 0.3) is 0 Å². The second-order valence-electron chi connectivity index (χ2n) is 4.02. The number of nitrogens with one attached hydrogen (secondary N) is 1. The van der Waals surface area contributed by atoms with Crippen molar-refractivity contribution < 1.29 is 5.11 Å². The lowest BCUT2D eigenvalue weighted by Gasteiger charge is -2.03. The van der Waals surface area contributed by atoms with E-state index in [9.17, 15) is 0 Å². The molecule has 0 atom stereocenters. The molecule has 2 nitrogen and oxygen atoms in total. The Kier molecular flexibility index (Phi) is 4.56. The maximum absolute atomic E-state index is 8.72. The smallest absolute Gasteiger partial charge is 0.0604 e. The molecule has 2 N–H and O–H groups in total. The summed E-state index contributed by atoms with van der Waals surface area (Å²) in [6.45, 7) is 0.731. The number of aliphatic hydroxyl groups excluding tert-OH is 1. The van der Waals surface area contributed by atoms with E-state index in [-0.39, 0.29) is 6.61 Å². The first-order valence-electron chi connectivity index (χ1n) is 6.06. The van der Waals surface area contributed by atoms with E-state index in [1.54, 1.807) is 0 Å². The van der Waals surface area contributed by atoms with Gasteiger partial charge < -0.3 is 10.4 Å². The van der Waals surface area contributed by atoms with Gasteiger partial charge >= 0.3 is 0 Å². The zero-order chi connectivity index (χ0) is 12.6. The fraction of sp³-hybridized carbons (Fsp3) is 0.125. The molecular formula is C16H17NO. The summed E-state index contributed by atoms with van der Waals surface area (Å²) in [5.41, 5.74) is 3.38. The summed E-state index contributed by atoms with van der Waals surface area (Å²) in [4.78, 5) is 0. The lowest BCUT2D eigenvalue weighted by atomic mass is 10.1. The van der Waals surface area contributed by atoms with Crippen LogP contribution in [-0.2, 0) is 0 Å². The van der Waals surface area contributed by atoms with E-state index in [2.05, 4.69) is 41.7 Å². The third kappa shape index (κ3) is 3.75. The van der Waals surface area contributed by atoms with E-state index >= 15 is 0 Å². The average Bonchev–Trinajstić information content (AvgIpc) is 2.45. The fourth-order valence-electron chi connectivity index (χ4n) is 1.67. The molecule has 2 aromatic rings. The lowest BCUT2D eigenvalue weighted by molar-refractivity contribution is 0.311. The van der Waals surface area contributed by atoms with Crippen molar-refractivity contribution in [1.82, 2.24) is 0 Å². The standard InChI is InChI=1S/C16H17NO/c18-13-12-17-16-10-8-15(9-11-16)7-6-14-4-2-1-3-5-14/h1-11,17-18H,12-13H2. The van der Waals surface area contributed by atoms with Gasteiger partial charge in [0.2, 0.25) is 0 Å². The second kappa shape index (κ2) is 6.62. The van der Waals surface area contributed by atoms with Crippen LogP contribution in [-0.4, -0.2) is 18.3 Å². The first-order valence-corrected chi connectivity index (χ1v) is 6.06. The molecule has 0 unspecified atom stereocenters. The third-order valence-electron chi connectivity index (χ3n) is 2.62. The normalized spacial score (nSPS) is 10.7. The van der Waals surface area contributed by atoms with Gasteiger partial charge in [-0.2, -0.15) is 0 Å². The SMILES string of the molecule is OCCNc1ccc(C=Cc2ccccc2)cc1. The van der Waals surface area contributed by atoms with Crippen molar-refractivity contribution in [2.24, 2.45) is 0 Å². The Bertz CT molecular complexity index is 488. The summed E-state index contributed by atoms with van der Waals surface area (Å²) in [6, 6.07) is 18.4. The van der Waals surface area contributed by atoms with Crippen molar-refractivity contribution in [3.63, 3.8) is 0 Å². The predicted molar refractivity (Wildman–Crippen MR) is 77.4 cm³/mol. The highest BCUT2D eigenvalue weighted by atomic mass is 16.3. The minimum Gasteiger partial charge on any atom is -0.395 e. The molecule has 0 aliphatic heterocycles. The van der Waals surface area contributed by atoms with Gasteiger partial charge in [0.15, 0.2) is 0 Å². The van der Waals surface area contributed by atoms with Crippen LogP contribution in [0.15, 0.2) is 54.6 Å². The molecule has 0 bridgehead atoms. The summed E-state index contributed by atoms with van der Waals surface area (Å²) in [5.74, 6) is 0. The minimum absolute atomic E-state index is 0.148. The van der Waals surface area contributed by atoms with E-state index in [4.69, 9.17) is 5.11 Å². The van der Waals surface area contributed by atoms with Gasteiger partial charge in [0.05, 0.1) is 6.61 Å². The van der Waals surface area contributed by atoms with Crippen LogP contribution in [0, 0.1) is 0 Å². The number of anilines is 1. The minimum atomic E-state index is 0.148. The molecule has 2 aromatic carbocycles. The molecule has 0 aliphatic carbocycles. The summed E-state index contributed by atoms with van der Waals surface area (Å²) in [6.07, 6.45) is 4.18. The van der Waals surface area contributed by atoms with Gasteiger partial charge in [0, 0.05) is 12.2 Å². The second-order valence-corrected chi connectivity index (χ2v) is 4.02. The number of hydrogen-bond acceptors (Lipinski definition) is 2. The zero-order valence-electron chi connectivity index (χ0n) is 10.2. The molecule has 92 valence electrons. The van der Waals surface area contributed by atoms with Crippen LogP contribution >= 0.6 is 0 Å². The Labute approximate surface area is 108 Å². The molecule has 2 heteroatoms. The molecule has 0 saturated heterocycles. The van der Waals surface area contributed by atoms with E-state index in [0.29, 0.717) is 6.54 Å². The molecule has 0 heterocycles. The third-order valence-corrected chi connectivity index (χ3v) is 2.62.